The molecule has 0 heterocycles. The van der Waals surface area contributed by atoms with Crippen molar-refractivity contribution in [3.8, 4) is 0 Å². The van der Waals surface area contributed by atoms with Gasteiger partial charge in [-0.15, -0.1) is 0 Å². The molecule has 28 heavy (non-hydrogen) atoms. The second-order valence-electron chi connectivity index (χ2n) is 6.70. The fourth-order valence-electron chi connectivity index (χ4n) is 3.19. The van der Waals surface area contributed by atoms with Crippen LogP contribution in [0.2, 0.25) is 0 Å². The second-order valence-corrected chi connectivity index (χ2v) is 7.11. The molecule has 3 N–H and O–H groups in total. The average molecular weight is 390 g/mol. The normalized spacial score (nSPS) is 10.4. The number of anilines is 1. The highest BCUT2D eigenvalue weighted by molar-refractivity contribution is 7.80. The second kappa shape index (κ2) is 9.15. The monoisotopic (exact) mass is 389 g/mol. The van der Waals surface area contributed by atoms with Gasteiger partial charge < -0.3 is 5.32 Å². The first-order chi connectivity index (χ1) is 13.5. The van der Waals surface area contributed by atoms with Gasteiger partial charge in [-0.05, 0) is 60.5 Å². The highest BCUT2D eigenvalue weighted by atomic mass is 32.1. The predicted molar refractivity (Wildman–Crippen MR) is 118 cm³/mol. The van der Waals surface area contributed by atoms with E-state index in [0.29, 0.717) is 5.11 Å². The number of thiocarbonyl (C=S) groups is 1. The van der Waals surface area contributed by atoms with Crippen molar-refractivity contribution in [2.45, 2.75) is 19.8 Å². The molecule has 3 aromatic rings. The number of nitrogens with one attached hydrogen (secondary N) is 3. The molecule has 0 aromatic heterocycles. The van der Waals surface area contributed by atoms with E-state index < -0.39 is 5.92 Å². The number of hydrogen-bond acceptors (Lipinski definition) is 2. The molecule has 0 radical (unpaired) electrons. The van der Waals surface area contributed by atoms with E-state index in [2.05, 4.69) is 22.2 Å². The molecule has 0 saturated heterocycles. The van der Waals surface area contributed by atoms with E-state index in [4.69, 9.17) is 12.2 Å². The Balaban J connectivity index is 1.69. The summed E-state index contributed by atoms with van der Waals surface area (Å²) in [4.78, 5) is 12.9. The number of amides is 1. The van der Waals surface area contributed by atoms with Gasteiger partial charge in [-0.2, -0.15) is 0 Å². The third kappa shape index (κ3) is 5.18. The number of carbonyl (C=O) groups excluding carboxylic acids is 1. The number of carbonyl (C=O) groups is 1. The van der Waals surface area contributed by atoms with E-state index in [9.17, 15) is 4.79 Å². The standard InChI is InChI=1S/C23H23N3OS/c1-16-13-17(2)15-20(14-16)24-23(28)26-25-22(27)21(18-9-5-3-6-10-18)19-11-7-4-8-12-19/h3-15,21H,1-2H3,(H,25,27)(H2,24,26,28). The van der Waals surface area contributed by atoms with Gasteiger partial charge in [0, 0.05) is 5.69 Å². The van der Waals surface area contributed by atoms with Crippen molar-refractivity contribution >= 4 is 28.9 Å². The van der Waals surface area contributed by atoms with Crippen LogP contribution < -0.4 is 16.2 Å². The molecule has 4 nitrogen and oxygen atoms in total. The fraction of sp³-hybridized carbons (Fsp3) is 0.130. The maximum absolute atomic E-state index is 12.9. The predicted octanol–water partition coefficient (Wildman–Crippen LogP) is 4.45. The van der Waals surface area contributed by atoms with Crippen molar-refractivity contribution in [3.63, 3.8) is 0 Å². The van der Waals surface area contributed by atoms with Crippen molar-refractivity contribution in [3.05, 3.63) is 101 Å². The minimum absolute atomic E-state index is 0.179. The number of hydrogen-bond donors (Lipinski definition) is 3. The number of benzene rings is 3. The van der Waals surface area contributed by atoms with Crippen molar-refractivity contribution in [1.82, 2.24) is 10.9 Å². The van der Waals surface area contributed by atoms with E-state index in [1.807, 2.05) is 86.6 Å². The van der Waals surface area contributed by atoms with E-state index in [1.165, 1.54) is 0 Å². The smallest absolute Gasteiger partial charge is 0.250 e. The van der Waals surface area contributed by atoms with Gasteiger partial charge in [-0.25, -0.2) is 0 Å². The summed E-state index contributed by atoms with van der Waals surface area (Å²) < 4.78 is 0. The van der Waals surface area contributed by atoms with E-state index in [0.717, 1.165) is 27.9 Å². The Morgan fingerprint density at radius 3 is 1.79 bits per heavy atom. The fourth-order valence-corrected chi connectivity index (χ4v) is 3.35. The third-order valence-corrected chi connectivity index (χ3v) is 4.51. The van der Waals surface area contributed by atoms with Crippen molar-refractivity contribution < 1.29 is 4.79 Å². The van der Waals surface area contributed by atoms with Gasteiger partial charge in [-0.3, -0.25) is 15.6 Å². The highest BCUT2D eigenvalue weighted by Gasteiger charge is 2.22. The van der Waals surface area contributed by atoms with Gasteiger partial charge in [-0.1, -0.05) is 66.7 Å². The quantitative estimate of drug-likeness (QED) is 0.456. The molecule has 0 saturated carbocycles. The van der Waals surface area contributed by atoms with Gasteiger partial charge >= 0.3 is 0 Å². The minimum Gasteiger partial charge on any atom is -0.331 e. The average Bonchev–Trinajstić information content (AvgIpc) is 2.67. The summed E-state index contributed by atoms with van der Waals surface area (Å²) in [6, 6.07) is 25.5. The molecule has 3 aromatic carbocycles. The van der Waals surface area contributed by atoms with Crippen LogP contribution in [0, 0.1) is 13.8 Å². The Morgan fingerprint density at radius 2 is 1.29 bits per heavy atom. The third-order valence-electron chi connectivity index (χ3n) is 4.31. The van der Waals surface area contributed by atoms with Gasteiger partial charge in [0.05, 0.1) is 5.92 Å². The maximum Gasteiger partial charge on any atom is 0.250 e. The lowest BCUT2D eigenvalue weighted by Gasteiger charge is -2.19. The molecular weight excluding hydrogens is 366 g/mol. The van der Waals surface area contributed by atoms with Gasteiger partial charge in [0.25, 0.3) is 0 Å². The molecule has 0 fully saturated rings. The van der Waals surface area contributed by atoms with Crippen molar-refractivity contribution in [1.29, 1.82) is 0 Å². The van der Waals surface area contributed by atoms with Crippen LogP contribution in [0.15, 0.2) is 78.9 Å². The summed E-state index contributed by atoms with van der Waals surface area (Å²) in [6.45, 7) is 4.06. The maximum atomic E-state index is 12.9. The molecule has 0 aliphatic heterocycles. The van der Waals surface area contributed by atoms with Crippen LogP contribution in [0.4, 0.5) is 5.69 Å². The molecule has 0 atom stereocenters. The summed E-state index contributed by atoms with van der Waals surface area (Å²) in [6.07, 6.45) is 0. The summed E-state index contributed by atoms with van der Waals surface area (Å²) in [5, 5.41) is 3.43. The van der Waals surface area contributed by atoms with Crippen LogP contribution in [-0.4, -0.2) is 11.0 Å². The van der Waals surface area contributed by atoms with Crippen LogP contribution in [0.5, 0.6) is 0 Å². The molecule has 0 unspecified atom stereocenters. The Labute approximate surface area is 171 Å². The summed E-state index contributed by atoms with van der Waals surface area (Å²) in [5.41, 5.74) is 10.5. The van der Waals surface area contributed by atoms with Crippen LogP contribution in [-0.2, 0) is 4.79 Å². The van der Waals surface area contributed by atoms with E-state index >= 15 is 0 Å². The molecule has 5 heteroatoms. The van der Waals surface area contributed by atoms with Crippen molar-refractivity contribution in [2.24, 2.45) is 0 Å². The first kappa shape index (κ1) is 19.6. The number of hydrazine groups is 1. The molecule has 0 spiro atoms. The molecule has 3 rings (SSSR count). The zero-order valence-electron chi connectivity index (χ0n) is 15.9. The van der Waals surface area contributed by atoms with Crippen LogP contribution in [0.3, 0.4) is 0 Å². The molecule has 0 aliphatic rings. The van der Waals surface area contributed by atoms with Crippen LogP contribution >= 0.6 is 12.2 Å². The summed E-state index contributed by atoms with van der Waals surface area (Å²) >= 11 is 5.32. The zero-order valence-corrected chi connectivity index (χ0v) is 16.7. The van der Waals surface area contributed by atoms with Crippen molar-refractivity contribution in [2.75, 3.05) is 5.32 Å². The lowest BCUT2D eigenvalue weighted by Crippen LogP contribution is -2.45. The Kier molecular flexibility index (Phi) is 6.40. The molecular formula is C23H23N3OS. The summed E-state index contributed by atoms with van der Waals surface area (Å²) in [7, 11) is 0. The van der Waals surface area contributed by atoms with Gasteiger partial charge in [0.1, 0.15) is 0 Å². The van der Waals surface area contributed by atoms with Crippen LogP contribution in [0.1, 0.15) is 28.2 Å². The first-order valence-corrected chi connectivity index (χ1v) is 9.49. The lowest BCUT2D eigenvalue weighted by molar-refractivity contribution is -0.122. The number of aryl methyl sites for hydroxylation is 2. The minimum atomic E-state index is -0.432. The molecule has 0 bridgehead atoms. The summed E-state index contributed by atoms with van der Waals surface area (Å²) in [5.74, 6) is -0.610. The lowest BCUT2D eigenvalue weighted by atomic mass is 9.91. The SMILES string of the molecule is Cc1cc(C)cc(NC(=S)NNC(=O)C(c2ccccc2)c2ccccc2)c1. The van der Waals surface area contributed by atoms with Crippen LogP contribution in [0.25, 0.3) is 0 Å². The molecule has 1 amide bonds. The molecule has 142 valence electrons. The Bertz CT molecular complexity index is 898. The van der Waals surface area contributed by atoms with Gasteiger partial charge in [0.2, 0.25) is 5.91 Å². The first-order valence-electron chi connectivity index (χ1n) is 9.08. The van der Waals surface area contributed by atoms with E-state index in [-0.39, 0.29) is 5.91 Å². The number of rotatable bonds is 4. The Hall–Kier alpha value is -3.18. The van der Waals surface area contributed by atoms with Gasteiger partial charge in [0.15, 0.2) is 5.11 Å². The topological polar surface area (TPSA) is 53.2 Å². The van der Waals surface area contributed by atoms with E-state index in [1.54, 1.807) is 0 Å². The highest BCUT2D eigenvalue weighted by Crippen LogP contribution is 2.24. The largest absolute Gasteiger partial charge is 0.331 e. The Morgan fingerprint density at radius 1 is 0.786 bits per heavy atom. The molecule has 0 aliphatic carbocycles. The zero-order chi connectivity index (χ0) is 19.9.